The summed E-state index contributed by atoms with van der Waals surface area (Å²) in [7, 11) is 0. The maximum Gasteiger partial charge on any atom is 0.161 e. The molecule has 2 aromatic rings. The minimum Gasteiger partial charge on any atom is -0.486 e. The predicted molar refractivity (Wildman–Crippen MR) is 89.7 cm³/mol. The molecular weight excluding hydrogens is 350 g/mol. The third-order valence-electron chi connectivity index (χ3n) is 3.47. The number of nitrogens with one attached hydrogen (secondary N) is 1. The van der Waals surface area contributed by atoms with Crippen molar-refractivity contribution in [3.8, 4) is 11.5 Å². The van der Waals surface area contributed by atoms with Crippen LogP contribution in [0.5, 0.6) is 11.5 Å². The number of rotatable bonds is 4. The lowest BCUT2D eigenvalue weighted by atomic mass is 10.0. The molecule has 5 heteroatoms. The molecule has 1 aliphatic rings. The van der Waals surface area contributed by atoms with Gasteiger partial charge in [0, 0.05) is 14.2 Å². The molecule has 0 saturated carbocycles. The second kappa shape index (κ2) is 6.38. The Morgan fingerprint density at radius 3 is 2.67 bits per heavy atom. The van der Waals surface area contributed by atoms with Crippen molar-refractivity contribution in [3.05, 3.63) is 44.1 Å². The maximum atomic E-state index is 5.70. The molecule has 1 aromatic carbocycles. The summed E-state index contributed by atoms with van der Waals surface area (Å²) in [6, 6.07) is 8.59. The normalized spacial score (nSPS) is 15.0. The molecule has 0 aliphatic carbocycles. The summed E-state index contributed by atoms with van der Waals surface area (Å²) in [6.45, 7) is 6.41. The van der Waals surface area contributed by atoms with E-state index in [2.05, 4.69) is 53.3 Å². The van der Waals surface area contributed by atoms with Crippen LogP contribution in [0.3, 0.4) is 0 Å². The van der Waals surface area contributed by atoms with Gasteiger partial charge in [0.1, 0.15) is 13.2 Å². The molecule has 0 radical (unpaired) electrons. The Bertz CT molecular complexity index is 622. The van der Waals surface area contributed by atoms with Crippen LogP contribution in [0, 0.1) is 6.92 Å². The van der Waals surface area contributed by atoms with Crippen LogP contribution in [0.1, 0.15) is 28.3 Å². The van der Waals surface area contributed by atoms with E-state index in [0.29, 0.717) is 13.2 Å². The van der Waals surface area contributed by atoms with Crippen LogP contribution < -0.4 is 14.8 Å². The lowest BCUT2D eigenvalue weighted by molar-refractivity contribution is 0.171. The van der Waals surface area contributed by atoms with Crippen molar-refractivity contribution >= 4 is 27.3 Å². The second-order valence-corrected chi connectivity index (χ2v) is 7.09. The predicted octanol–water partition coefficient (Wildman–Crippen LogP) is 4.29. The monoisotopic (exact) mass is 367 g/mol. The van der Waals surface area contributed by atoms with E-state index >= 15 is 0 Å². The van der Waals surface area contributed by atoms with Crippen molar-refractivity contribution < 1.29 is 9.47 Å². The number of aryl methyl sites for hydroxylation is 1. The number of hydrogen-bond donors (Lipinski definition) is 1. The smallest absolute Gasteiger partial charge is 0.161 e. The van der Waals surface area contributed by atoms with Gasteiger partial charge in [0.25, 0.3) is 0 Å². The standard InChI is InChI=1S/C16H18BrNO2S/c1-3-18-16(15-9-12(17)10(2)21-15)11-4-5-13-14(8-11)20-7-6-19-13/h4-5,8-9,16,18H,3,6-7H2,1-2H3. The van der Waals surface area contributed by atoms with Gasteiger partial charge in [-0.15, -0.1) is 11.3 Å². The first-order valence-electron chi connectivity index (χ1n) is 7.07. The van der Waals surface area contributed by atoms with E-state index in [1.165, 1.54) is 19.8 Å². The molecule has 1 atom stereocenters. The van der Waals surface area contributed by atoms with Crippen molar-refractivity contribution in [1.82, 2.24) is 5.32 Å². The van der Waals surface area contributed by atoms with E-state index in [9.17, 15) is 0 Å². The van der Waals surface area contributed by atoms with Gasteiger partial charge in [-0.3, -0.25) is 0 Å². The molecule has 1 aromatic heterocycles. The molecule has 0 spiro atoms. The maximum absolute atomic E-state index is 5.70. The van der Waals surface area contributed by atoms with Crippen LogP contribution >= 0.6 is 27.3 Å². The van der Waals surface area contributed by atoms with E-state index in [-0.39, 0.29) is 6.04 Å². The first-order chi connectivity index (χ1) is 10.2. The fraction of sp³-hybridized carbons (Fsp3) is 0.375. The van der Waals surface area contributed by atoms with Crippen LogP contribution in [0.25, 0.3) is 0 Å². The fourth-order valence-corrected chi connectivity index (χ4v) is 4.12. The first-order valence-corrected chi connectivity index (χ1v) is 8.68. The van der Waals surface area contributed by atoms with Crippen LogP contribution in [0.15, 0.2) is 28.7 Å². The Balaban J connectivity index is 1.97. The highest BCUT2D eigenvalue weighted by Gasteiger charge is 2.20. The van der Waals surface area contributed by atoms with Gasteiger partial charge in [0.05, 0.1) is 6.04 Å². The summed E-state index contributed by atoms with van der Waals surface area (Å²) in [4.78, 5) is 2.60. The van der Waals surface area contributed by atoms with E-state index in [1.54, 1.807) is 0 Å². The summed E-state index contributed by atoms with van der Waals surface area (Å²) < 4.78 is 12.5. The van der Waals surface area contributed by atoms with Gasteiger partial charge in [-0.25, -0.2) is 0 Å². The highest BCUT2D eigenvalue weighted by atomic mass is 79.9. The molecule has 1 unspecified atom stereocenters. The number of ether oxygens (including phenoxy) is 2. The topological polar surface area (TPSA) is 30.5 Å². The molecule has 0 amide bonds. The quantitative estimate of drug-likeness (QED) is 0.874. The van der Waals surface area contributed by atoms with Crippen LogP contribution in [0.4, 0.5) is 0 Å². The number of hydrogen-bond acceptors (Lipinski definition) is 4. The van der Waals surface area contributed by atoms with Gasteiger partial charge in [-0.1, -0.05) is 13.0 Å². The molecule has 112 valence electrons. The van der Waals surface area contributed by atoms with E-state index in [1.807, 2.05) is 17.4 Å². The Hall–Kier alpha value is -1.04. The molecule has 1 aliphatic heterocycles. The Morgan fingerprint density at radius 1 is 1.24 bits per heavy atom. The van der Waals surface area contributed by atoms with Crippen molar-refractivity contribution in [3.63, 3.8) is 0 Å². The highest BCUT2D eigenvalue weighted by Crippen LogP contribution is 2.37. The zero-order chi connectivity index (χ0) is 14.8. The van der Waals surface area contributed by atoms with Gasteiger partial charge in [-0.2, -0.15) is 0 Å². The SMILES string of the molecule is CCNC(c1ccc2c(c1)OCCO2)c1cc(Br)c(C)s1. The fourth-order valence-electron chi connectivity index (χ4n) is 2.45. The zero-order valence-electron chi connectivity index (χ0n) is 12.1. The van der Waals surface area contributed by atoms with E-state index in [4.69, 9.17) is 9.47 Å². The van der Waals surface area contributed by atoms with Crippen LogP contribution in [-0.4, -0.2) is 19.8 Å². The largest absolute Gasteiger partial charge is 0.486 e. The Labute approximate surface area is 137 Å². The molecule has 3 nitrogen and oxygen atoms in total. The molecular formula is C16H18BrNO2S. The van der Waals surface area contributed by atoms with E-state index in [0.717, 1.165) is 18.0 Å². The van der Waals surface area contributed by atoms with Gasteiger partial charge in [-0.05, 0) is 53.2 Å². The average Bonchev–Trinajstić information content (AvgIpc) is 2.83. The minimum absolute atomic E-state index is 0.181. The summed E-state index contributed by atoms with van der Waals surface area (Å²) in [5.41, 5.74) is 1.20. The third-order valence-corrected chi connectivity index (χ3v) is 5.67. The number of thiophene rings is 1. The summed E-state index contributed by atoms with van der Waals surface area (Å²) in [5, 5.41) is 3.56. The Kier molecular flexibility index (Phi) is 4.52. The molecule has 0 fully saturated rings. The zero-order valence-corrected chi connectivity index (χ0v) is 14.5. The van der Waals surface area contributed by atoms with Gasteiger partial charge < -0.3 is 14.8 Å². The minimum atomic E-state index is 0.181. The van der Waals surface area contributed by atoms with Crippen LogP contribution in [0.2, 0.25) is 0 Å². The van der Waals surface area contributed by atoms with Crippen molar-refractivity contribution in [2.24, 2.45) is 0 Å². The van der Waals surface area contributed by atoms with Gasteiger partial charge in [0.15, 0.2) is 11.5 Å². The molecule has 0 bridgehead atoms. The highest BCUT2D eigenvalue weighted by molar-refractivity contribution is 9.10. The molecule has 0 saturated heterocycles. The van der Waals surface area contributed by atoms with Gasteiger partial charge >= 0.3 is 0 Å². The lowest BCUT2D eigenvalue weighted by Crippen LogP contribution is -2.22. The molecule has 21 heavy (non-hydrogen) atoms. The lowest BCUT2D eigenvalue weighted by Gasteiger charge is -2.22. The summed E-state index contributed by atoms with van der Waals surface area (Å²) in [6.07, 6.45) is 0. The molecule has 1 N–H and O–H groups in total. The average molecular weight is 368 g/mol. The Morgan fingerprint density at radius 2 is 2.00 bits per heavy atom. The summed E-state index contributed by atoms with van der Waals surface area (Å²) >= 11 is 5.42. The number of halogens is 1. The van der Waals surface area contributed by atoms with Crippen molar-refractivity contribution in [2.75, 3.05) is 19.8 Å². The molecule has 2 heterocycles. The van der Waals surface area contributed by atoms with Crippen molar-refractivity contribution in [2.45, 2.75) is 19.9 Å². The van der Waals surface area contributed by atoms with Crippen molar-refractivity contribution in [1.29, 1.82) is 0 Å². The van der Waals surface area contributed by atoms with Gasteiger partial charge in [0.2, 0.25) is 0 Å². The third kappa shape index (κ3) is 3.10. The first kappa shape index (κ1) is 14.9. The van der Waals surface area contributed by atoms with E-state index < -0.39 is 0 Å². The molecule has 3 rings (SSSR count). The number of benzene rings is 1. The number of fused-ring (bicyclic) bond motifs is 1. The van der Waals surface area contributed by atoms with Crippen LogP contribution in [-0.2, 0) is 0 Å². The second-order valence-electron chi connectivity index (χ2n) is 4.95. The summed E-state index contributed by atoms with van der Waals surface area (Å²) in [5.74, 6) is 1.68.